The van der Waals surface area contributed by atoms with Crippen molar-refractivity contribution in [1.29, 1.82) is 0 Å². The highest BCUT2D eigenvalue weighted by Gasteiger charge is 1.92. The van der Waals surface area contributed by atoms with Gasteiger partial charge >= 0.3 is 0 Å². The minimum absolute atomic E-state index is 1.08. The first kappa shape index (κ1) is 10.2. The predicted molar refractivity (Wildman–Crippen MR) is 52.6 cm³/mol. The zero-order valence-electron chi connectivity index (χ0n) is 8.07. The molecule has 0 amide bonds. The van der Waals surface area contributed by atoms with Crippen LogP contribution in [0.3, 0.4) is 0 Å². The van der Waals surface area contributed by atoms with Gasteiger partial charge in [-0.25, -0.2) is 0 Å². The molecule has 0 radical (unpaired) electrons. The van der Waals surface area contributed by atoms with Crippen LogP contribution in [0, 0.1) is 0 Å². The molecule has 0 saturated carbocycles. The standard InChI is InChI=1S/C11H18/c1-6-7-10(4)8-11(5)9(2)3/h6-7H,1,8H2,2-5H3/b10-7+. The fourth-order valence-electron chi connectivity index (χ4n) is 0.855. The van der Waals surface area contributed by atoms with Crippen LogP contribution in [0.2, 0.25) is 0 Å². The lowest BCUT2D eigenvalue weighted by Crippen LogP contribution is -1.82. The molecule has 0 aliphatic rings. The largest absolute Gasteiger partial charge is 0.0991 e. The van der Waals surface area contributed by atoms with Crippen molar-refractivity contribution >= 4 is 0 Å². The molecule has 0 spiro atoms. The van der Waals surface area contributed by atoms with Crippen LogP contribution in [0.4, 0.5) is 0 Å². The maximum Gasteiger partial charge on any atom is -0.0108 e. The van der Waals surface area contributed by atoms with Gasteiger partial charge in [0.2, 0.25) is 0 Å². The van der Waals surface area contributed by atoms with Gasteiger partial charge in [-0.15, -0.1) is 0 Å². The molecule has 0 bridgehead atoms. The van der Waals surface area contributed by atoms with E-state index in [9.17, 15) is 0 Å². The van der Waals surface area contributed by atoms with Crippen LogP contribution in [0.15, 0.2) is 35.5 Å². The van der Waals surface area contributed by atoms with Crippen molar-refractivity contribution in [2.75, 3.05) is 0 Å². The van der Waals surface area contributed by atoms with Gasteiger partial charge in [0.05, 0.1) is 0 Å². The van der Waals surface area contributed by atoms with Gasteiger partial charge in [-0.3, -0.25) is 0 Å². The Morgan fingerprint density at radius 2 is 1.73 bits per heavy atom. The minimum Gasteiger partial charge on any atom is -0.0991 e. The fraction of sp³-hybridized carbons (Fsp3) is 0.455. The average Bonchev–Trinajstić information content (AvgIpc) is 1.87. The van der Waals surface area contributed by atoms with E-state index in [1.54, 1.807) is 0 Å². The number of allylic oxidation sites excluding steroid dienone is 5. The Bertz CT molecular complexity index is 188. The zero-order valence-corrected chi connectivity index (χ0v) is 8.07. The molecule has 0 nitrogen and oxygen atoms in total. The third-order valence-electron chi connectivity index (χ3n) is 1.80. The highest BCUT2D eigenvalue weighted by Crippen LogP contribution is 2.13. The van der Waals surface area contributed by atoms with Gasteiger partial charge in [0, 0.05) is 0 Å². The molecule has 0 heteroatoms. The Kier molecular flexibility index (Phi) is 4.60. The smallest absolute Gasteiger partial charge is 0.0108 e. The summed E-state index contributed by atoms with van der Waals surface area (Å²) in [5, 5.41) is 0. The third-order valence-corrected chi connectivity index (χ3v) is 1.80. The molecule has 0 heterocycles. The second-order valence-electron chi connectivity index (χ2n) is 3.21. The van der Waals surface area contributed by atoms with Gasteiger partial charge in [-0.05, 0) is 34.1 Å². The Hall–Kier alpha value is -0.780. The Morgan fingerprint density at radius 1 is 1.18 bits per heavy atom. The molecule has 0 aliphatic carbocycles. The van der Waals surface area contributed by atoms with Crippen molar-refractivity contribution in [3.8, 4) is 0 Å². The summed E-state index contributed by atoms with van der Waals surface area (Å²) in [5.41, 5.74) is 4.25. The summed E-state index contributed by atoms with van der Waals surface area (Å²) < 4.78 is 0. The van der Waals surface area contributed by atoms with Crippen molar-refractivity contribution < 1.29 is 0 Å². The predicted octanol–water partition coefficient (Wildman–Crippen LogP) is 3.87. The zero-order chi connectivity index (χ0) is 8.85. The van der Waals surface area contributed by atoms with Gasteiger partial charge in [-0.2, -0.15) is 0 Å². The summed E-state index contributed by atoms with van der Waals surface area (Å²) in [5.74, 6) is 0. The van der Waals surface area contributed by atoms with Crippen molar-refractivity contribution in [1.82, 2.24) is 0 Å². The van der Waals surface area contributed by atoms with E-state index in [2.05, 4.69) is 40.3 Å². The lowest BCUT2D eigenvalue weighted by molar-refractivity contribution is 1.06. The second kappa shape index (κ2) is 4.95. The first-order valence-corrected chi connectivity index (χ1v) is 3.99. The highest BCUT2D eigenvalue weighted by atomic mass is 14.0. The number of rotatable bonds is 3. The lowest BCUT2D eigenvalue weighted by atomic mass is 10.0. The topological polar surface area (TPSA) is 0 Å². The van der Waals surface area contributed by atoms with Crippen molar-refractivity contribution in [2.45, 2.75) is 34.1 Å². The SMILES string of the molecule is C=C/C=C(\C)CC(C)=C(C)C. The molecule has 62 valence electrons. The molecule has 0 unspecified atom stereocenters. The summed E-state index contributed by atoms with van der Waals surface area (Å²) in [6, 6.07) is 0. The van der Waals surface area contributed by atoms with Crippen LogP contribution in [0.1, 0.15) is 34.1 Å². The van der Waals surface area contributed by atoms with Gasteiger partial charge < -0.3 is 0 Å². The fourth-order valence-corrected chi connectivity index (χ4v) is 0.855. The van der Waals surface area contributed by atoms with E-state index >= 15 is 0 Å². The van der Waals surface area contributed by atoms with E-state index in [0.717, 1.165) is 6.42 Å². The van der Waals surface area contributed by atoms with Crippen LogP contribution in [-0.4, -0.2) is 0 Å². The Morgan fingerprint density at radius 3 is 2.09 bits per heavy atom. The van der Waals surface area contributed by atoms with Gasteiger partial charge in [0.1, 0.15) is 0 Å². The van der Waals surface area contributed by atoms with E-state index in [1.807, 2.05) is 6.08 Å². The number of hydrogen-bond acceptors (Lipinski definition) is 0. The maximum atomic E-state index is 3.66. The summed E-state index contributed by atoms with van der Waals surface area (Å²) in [6.07, 6.45) is 4.98. The summed E-state index contributed by atoms with van der Waals surface area (Å²) in [6.45, 7) is 12.3. The molecule has 0 rings (SSSR count). The first-order chi connectivity index (χ1) is 5.07. The molecule has 0 aromatic rings. The molecule has 0 atom stereocenters. The van der Waals surface area contributed by atoms with Gasteiger partial charge in [-0.1, -0.05) is 35.5 Å². The molecule has 0 aromatic carbocycles. The van der Waals surface area contributed by atoms with E-state index in [1.165, 1.54) is 16.7 Å². The first-order valence-electron chi connectivity index (χ1n) is 3.99. The highest BCUT2D eigenvalue weighted by molar-refractivity contribution is 5.18. The quantitative estimate of drug-likeness (QED) is 0.423. The molecule has 0 fully saturated rings. The van der Waals surface area contributed by atoms with Crippen LogP contribution >= 0.6 is 0 Å². The number of hydrogen-bond donors (Lipinski definition) is 0. The molecular weight excluding hydrogens is 132 g/mol. The molecule has 0 aromatic heterocycles. The summed E-state index contributed by atoms with van der Waals surface area (Å²) in [4.78, 5) is 0. The van der Waals surface area contributed by atoms with Crippen molar-refractivity contribution in [3.63, 3.8) is 0 Å². The monoisotopic (exact) mass is 150 g/mol. The summed E-state index contributed by atoms with van der Waals surface area (Å²) in [7, 11) is 0. The average molecular weight is 150 g/mol. The molecule has 0 N–H and O–H groups in total. The summed E-state index contributed by atoms with van der Waals surface area (Å²) >= 11 is 0. The molecule has 11 heavy (non-hydrogen) atoms. The maximum absolute atomic E-state index is 3.66. The minimum atomic E-state index is 1.08. The van der Waals surface area contributed by atoms with Crippen LogP contribution < -0.4 is 0 Å². The van der Waals surface area contributed by atoms with Crippen molar-refractivity contribution in [3.05, 3.63) is 35.5 Å². The van der Waals surface area contributed by atoms with Crippen LogP contribution in [-0.2, 0) is 0 Å². The molecule has 0 saturated heterocycles. The third kappa shape index (κ3) is 4.60. The molecule has 0 aliphatic heterocycles. The Balaban J connectivity index is 4.16. The van der Waals surface area contributed by atoms with Gasteiger partial charge in [0.15, 0.2) is 0 Å². The van der Waals surface area contributed by atoms with Crippen molar-refractivity contribution in [2.24, 2.45) is 0 Å². The second-order valence-corrected chi connectivity index (χ2v) is 3.21. The Labute approximate surface area is 70.3 Å². The van der Waals surface area contributed by atoms with E-state index in [0.29, 0.717) is 0 Å². The van der Waals surface area contributed by atoms with Crippen LogP contribution in [0.5, 0.6) is 0 Å². The lowest BCUT2D eigenvalue weighted by Gasteiger charge is -2.02. The molecular formula is C11H18. The van der Waals surface area contributed by atoms with E-state index in [4.69, 9.17) is 0 Å². The van der Waals surface area contributed by atoms with Gasteiger partial charge in [0.25, 0.3) is 0 Å². The van der Waals surface area contributed by atoms with Crippen LogP contribution in [0.25, 0.3) is 0 Å². The normalized spacial score (nSPS) is 11.1. The van der Waals surface area contributed by atoms with E-state index < -0.39 is 0 Å². The van der Waals surface area contributed by atoms with E-state index in [-0.39, 0.29) is 0 Å².